The number of carbonyl (C=O) groups excluding carboxylic acids is 1. The van der Waals surface area contributed by atoms with Gasteiger partial charge in [-0.25, -0.2) is 0 Å². The summed E-state index contributed by atoms with van der Waals surface area (Å²) in [4.78, 5) is 21.0. The van der Waals surface area contributed by atoms with Gasteiger partial charge in [0.1, 0.15) is 6.04 Å². The molecule has 23 heavy (non-hydrogen) atoms. The molecule has 0 spiro atoms. The van der Waals surface area contributed by atoms with Gasteiger partial charge in [-0.05, 0) is 34.5 Å². The molecule has 3 rings (SSSR count). The fourth-order valence-corrected chi connectivity index (χ4v) is 3.08. The molecule has 1 atom stereocenters. The highest BCUT2D eigenvalue weighted by atomic mass is 79.9. The lowest BCUT2D eigenvalue weighted by Crippen LogP contribution is -2.49. The largest absolute Gasteiger partial charge is 0.338 e. The van der Waals surface area contributed by atoms with Crippen molar-refractivity contribution in [3.05, 3.63) is 47.0 Å². The number of carbonyl (C=O) groups is 1. The van der Waals surface area contributed by atoms with Crippen LogP contribution in [0.3, 0.4) is 0 Å². The van der Waals surface area contributed by atoms with Crippen LogP contribution in [0.4, 0.5) is 0 Å². The highest BCUT2D eigenvalue weighted by molar-refractivity contribution is 9.10. The highest BCUT2D eigenvalue weighted by Gasteiger charge is 2.26. The van der Waals surface area contributed by atoms with Gasteiger partial charge in [0.2, 0.25) is 5.91 Å². The predicted molar refractivity (Wildman–Crippen MR) is 90.7 cm³/mol. The number of rotatable bonds is 4. The molecular formula is C16H20BrN5O. The molecule has 3 heterocycles. The van der Waals surface area contributed by atoms with E-state index in [0.717, 1.165) is 37.2 Å². The third kappa shape index (κ3) is 3.97. The number of hydrogen-bond acceptors (Lipinski definition) is 4. The number of hydrogen-bond donors (Lipinski definition) is 0. The van der Waals surface area contributed by atoms with Crippen molar-refractivity contribution >= 4 is 21.8 Å². The van der Waals surface area contributed by atoms with Gasteiger partial charge in [-0.1, -0.05) is 6.07 Å². The van der Waals surface area contributed by atoms with Crippen molar-refractivity contribution in [1.29, 1.82) is 0 Å². The van der Waals surface area contributed by atoms with Gasteiger partial charge in [-0.15, -0.1) is 0 Å². The molecule has 0 aliphatic carbocycles. The Morgan fingerprint density at radius 3 is 2.70 bits per heavy atom. The summed E-state index contributed by atoms with van der Waals surface area (Å²) in [6.45, 7) is 6.06. The lowest BCUT2D eigenvalue weighted by molar-refractivity contribution is -0.136. The van der Waals surface area contributed by atoms with E-state index in [0.29, 0.717) is 0 Å². The van der Waals surface area contributed by atoms with Gasteiger partial charge >= 0.3 is 0 Å². The van der Waals surface area contributed by atoms with Crippen LogP contribution in [0.15, 0.2) is 41.4 Å². The molecule has 1 aliphatic heterocycles. The van der Waals surface area contributed by atoms with Crippen LogP contribution >= 0.6 is 15.9 Å². The molecule has 1 unspecified atom stereocenters. The van der Waals surface area contributed by atoms with Crippen LogP contribution in [0, 0.1) is 0 Å². The fourth-order valence-electron chi connectivity index (χ4n) is 2.78. The van der Waals surface area contributed by atoms with Crippen LogP contribution in [-0.2, 0) is 11.3 Å². The van der Waals surface area contributed by atoms with Crippen molar-refractivity contribution in [2.75, 3.05) is 26.2 Å². The first kappa shape index (κ1) is 16.1. The Hall–Kier alpha value is -1.73. The summed E-state index contributed by atoms with van der Waals surface area (Å²) in [6.07, 6.45) is 7.22. The van der Waals surface area contributed by atoms with Crippen LogP contribution in [0.25, 0.3) is 0 Å². The van der Waals surface area contributed by atoms with Crippen molar-refractivity contribution in [3.63, 3.8) is 0 Å². The van der Waals surface area contributed by atoms with Gasteiger partial charge in [0.25, 0.3) is 0 Å². The van der Waals surface area contributed by atoms with E-state index in [1.165, 1.54) is 5.56 Å². The summed E-state index contributed by atoms with van der Waals surface area (Å²) < 4.78 is 2.59. The number of aromatic nitrogens is 3. The molecule has 0 radical (unpaired) electrons. The minimum absolute atomic E-state index is 0.127. The Labute approximate surface area is 144 Å². The van der Waals surface area contributed by atoms with Crippen molar-refractivity contribution in [2.45, 2.75) is 19.5 Å². The molecule has 2 aromatic rings. The van der Waals surface area contributed by atoms with E-state index in [-0.39, 0.29) is 11.9 Å². The molecule has 1 aliphatic rings. The van der Waals surface area contributed by atoms with E-state index >= 15 is 0 Å². The first-order valence-electron chi connectivity index (χ1n) is 7.73. The topological polar surface area (TPSA) is 54.3 Å². The average Bonchev–Trinajstić information content (AvgIpc) is 3.02. The first-order chi connectivity index (χ1) is 11.1. The molecule has 122 valence electrons. The van der Waals surface area contributed by atoms with Gasteiger partial charge in [-0.2, -0.15) is 5.10 Å². The summed E-state index contributed by atoms with van der Waals surface area (Å²) in [6, 6.07) is 3.77. The molecule has 0 saturated carbocycles. The first-order valence-corrected chi connectivity index (χ1v) is 8.52. The van der Waals surface area contributed by atoms with Crippen LogP contribution < -0.4 is 0 Å². The van der Waals surface area contributed by atoms with Crippen LogP contribution in [0.5, 0.6) is 0 Å². The van der Waals surface area contributed by atoms with Gasteiger partial charge in [0, 0.05) is 51.3 Å². The van der Waals surface area contributed by atoms with E-state index in [1.807, 2.05) is 30.3 Å². The predicted octanol–water partition coefficient (Wildman–Crippen LogP) is 1.95. The Morgan fingerprint density at radius 2 is 2.09 bits per heavy atom. The van der Waals surface area contributed by atoms with E-state index < -0.39 is 0 Å². The Balaban J connectivity index is 1.53. The average molecular weight is 378 g/mol. The van der Waals surface area contributed by atoms with Crippen LogP contribution in [0.1, 0.15) is 18.5 Å². The van der Waals surface area contributed by atoms with Gasteiger partial charge in [0.05, 0.1) is 10.7 Å². The monoisotopic (exact) mass is 377 g/mol. The number of halogens is 1. The third-order valence-electron chi connectivity index (χ3n) is 4.14. The molecule has 6 nitrogen and oxygen atoms in total. The Kier molecular flexibility index (Phi) is 5.07. The SMILES string of the molecule is CC(C(=O)N1CCN(Cc2cccnc2)CC1)n1cc(Br)cn1. The highest BCUT2D eigenvalue weighted by Crippen LogP contribution is 2.16. The van der Waals surface area contributed by atoms with Gasteiger partial charge < -0.3 is 4.90 Å². The zero-order valence-electron chi connectivity index (χ0n) is 13.1. The normalized spacial score (nSPS) is 17.2. The van der Waals surface area contributed by atoms with Gasteiger partial charge in [-0.3, -0.25) is 19.4 Å². The number of amides is 1. The molecule has 0 N–H and O–H groups in total. The maximum atomic E-state index is 12.6. The van der Waals surface area contributed by atoms with Crippen molar-refractivity contribution in [2.24, 2.45) is 0 Å². The van der Waals surface area contributed by atoms with E-state index in [4.69, 9.17) is 0 Å². The zero-order chi connectivity index (χ0) is 16.2. The Bertz CT molecular complexity index is 652. The molecule has 1 amide bonds. The number of nitrogens with zero attached hydrogens (tertiary/aromatic N) is 5. The standard InChI is InChI=1S/C16H20BrN5O/c1-13(22-12-15(17)10-19-22)16(23)21-7-5-20(6-8-21)11-14-3-2-4-18-9-14/h2-4,9-10,12-13H,5-8,11H2,1H3. The second-order valence-corrected chi connectivity index (χ2v) is 6.69. The van der Waals surface area contributed by atoms with E-state index in [1.54, 1.807) is 17.1 Å². The summed E-state index contributed by atoms with van der Waals surface area (Å²) >= 11 is 3.36. The van der Waals surface area contributed by atoms with Crippen LogP contribution in [-0.4, -0.2) is 56.7 Å². The van der Waals surface area contributed by atoms with Crippen molar-refractivity contribution in [3.8, 4) is 0 Å². The van der Waals surface area contributed by atoms with E-state index in [2.05, 4.69) is 37.0 Å². The molecule has 1 saturated heterocycles. The molecule has 2 aromatic heterocycles. The zero-order valence-corrected chi connectivity index (χ0v) is 14.7. The van der Waals surface area contributed by atoms with Crippen molar-refractivity contribution < 1.29 is 4.79 Å². The second-order valence-electron chi connectivity index (χ2n) is 5.78. The third-order valence-corrected chi connectivity index (χ3v) is 4.55. The molecule has 0 bridgehead atoms. The molecule has 7 heteroatoms. The number of pyridine rings is 1. The molecule has 0 aromatic carbocycles. The maximum Gasteiger partial charge on any atom is 0.247 e. The maximum absolute atomic E-state index is 12.6. The minimum atomic E-state index is -0.272. The second kappa shape index (κ2) is 7.23. The number of piperazine rings is 1. The van der Waals surface area contributed by atoms with E-state index in [9.17, 15) is 4.79 Å². The summed E-state index contributed by atoms with van der Waals surface area (Å²) in [7, 11) is 0. The lowest BCUT2D eigenvalue weighted by atomic mass is 10.2. The smallest absolute Gasteiger partial charge is 0.247 e. The lowest BCUT2D eigenvalue weighted by Gasteiger charge is -2.35. The molecular weight excluding hydrogens is 358 g/mol. The van der Waals surface area contributed by atoms with Gasteiger partial charge in [0.15, 0.2) is 0 Å². The quantitative estimate of drug-likeness (QED) is 0.816. The fraction of sp³-hybridized carbons (Fsp3) is 0.438. The Morgan fingerprint density at radius 1 is 1.30 bits per heavy atom. The summed E-state index contributed by atoms with van der Waals surface area (Å²) in [5.41, 5.74) is 1.21. The van der Waals surface area contributed by atoms with Crippen molar-refractivity contribution in [1.82, 2.24) is 24.6 Å². The summed E-state index contributed by atoms with van der Waals surface area (Å²) in [5, 5.41) is 4.21. The van der Waals surface area contributed by atoms with Crippen LogP contribution in [0.2, 0.25) is 0 Å². The minimum Gasteiger partial charge on any atom is -0.338 e. The molecule has 1 fully saturated rings. The summed E-state index contributed by atoms with van der Waals surface area (Å²) in [5.74, 6) is 0.127.